The molecule has 0 radical (unpaired) electrons. The van der Waals surface area contributed by atoms with E-state index in [1.165, 1.54) is 4.90 Å². The highest BCUT2D eigenvalue weighted by Gasteiger charge is 2.52. The Morgan fingerprint density at radius 3 is 2.54 bits per heavy atom. The van der Waals surface area contributed by atoms with Crippen LogP contribution in [0.5, 0.6) is 5.75 Å². The topological polar surface area (TPSA) is 153 Å². The highest BCUT2D eigenvalue weighted by molar-refractivity contribution is 6.31. The molecule has 276 valence electrons. The van der Waals surface area contributed by atoms with Gasteiger partial charge in [0.2, 0.25) is 11.8 Å². The van der Waals surface area contributed by atoms with Crippen molar-refractivity contribution < 1.29 is 19.8 Å². The Morgan fingerprint density at radius 1 is 1.02 bits per heavy atom. The predicted octanol–water partition coefficient (Wildman–Crippen LogP) is 4.03. The first-order valence-electron chi connectivity index (χ1n) is 18.0. The van der Waals surface area contributed by atoms with E-state index in [1.807, 2.05) is 38.1 Å². The number of nitrogens with one attached hydrogen (secondary N) is 1. The molecule has 3 aliphatic rings. The largest absolute Gasteiger partial charge is 0.507 e. The summed E-state index contributed by atoms with van der Waals surface area (Å²) in [5.74, 6) is 2.58. The number of aliphatic hydroxyl groups excluding tert-OH is 1. The minimum absolute atomic E-state index is 0.0491. The van der Waals surface area contributed by atoms with Crippen LogP contribution in [0.3, 0.4) is 0 Å². The zero-order valence-electron chi connectivity index (χ0n) is 29.9. The number of fused-ring (bicyclic) bond motifs is 1. The minimum atomic E-state index is -0.840. The van der Waals surface area contributed by atoms with Crippen LogP contribution in [-0.2, 0) is 16.1 Å². The Morgan fingerprint density at radius 2 is 1.80 bits per heavy atom. The van der Waals surface area contributed by atoms with Crippen molar-refractivity contribution in [2.75, 3.05) is 42.5 Å². The number of terminal acetylenes is 1. The summed E-state index contributed by atoms with van der Waals surface area (Å²) >= 11 is 6.35. The van der Waals surface area contributed by atoms with Crippen LogP contribution in [0.15, 0.2) is 72.9 Å². The number of phenolic OH excluding ortho intramolecular Hbond substituents is 1. The van der Waals surface area contributed by atoms with Crippen LogP contribution in [0.4, 0.5) is 11.5 Å². The van der Waals surface area contributed by atoms with E-state index in [1.54, 1.807) is 41.2 Å². The molecule has 3 atom stereocenters. The van der Waals surface area contributed by atoms with Crippen molar-refractivity contribution in [3.8, 4) is 29.4 Å². The van der Waals surface area contributed by atoms with Crippen LogP contribution in [0, 0.1) is 23.7 Å². The number of amides is 2. The van der Waals surface area contributed by atoms with Gasteiger partial charge >= 0.3 is 0 Å². The Kier molecular flexibility index (Phi) is 9.11. The molecule has 0 aliphatic carbocycles. The van der Waals surface area contributed by atoms with Gasteiger partial charge < -0.3 is 30.2 Å². The number of hydrogen-bond acceptors (Lipinski definition) is 10. The number of carbonyl (C=O) groups is 2. The van der Waals surface area contributed by atoms with E-state index in [0.717, 1.165) is 42.8 Å². The van der Waals surface area contributed by atoms with Gasteiger partial charge in [0.1, 0.15) is 17.8 Å². The molecule has 1 spiro atoms. The first-order valence-corrected chi connectivity index (χ1v) is 18.4. The number of nitrogens with zero attached hydrogens (tertiary/aromatic N) is 8. The van der Waals surface area contributed by atoms with Gasteiger partial charge in [-0.2, -0.15) is 0 Å². The number of para-hydroxylation sites is 1. The fourth-order valence-corrected chi connectivity index (χ4v) is 8.17. The zero-order valence-corrected chi connectivity index (χ0v) is 30.7. The van der Waals surface area contributed by atoms with Crippen LogP contribution in [0.2, 0.25) is 5.02 Å². The van der Waals surface area contributed by atoms with Crippen LogP contribution >= 0.6 is 11.6 Å². The lowest BCUT2D eigenvalue weighted by molar-refractivity contribution is -0.142. The maximum Gasteiger partial charge on any atom is 0.248 e. The van der Waals surface area contributed by atoms with E-state index >= 15 is 0 Å². The third kappa shape index (κ3) is 6.56. The second-order valence-corrected chi connectivity index (χ2v) is 15.4. The highest BCUT2D eigenvalue weighted by atomic mass is 35.5. The molecule has 3 aromatic carbocycles. The van der Waals surface area contributed by atoms with Crippen molar-refractivity contribution >= 4 is 45.8 Å². The number of aliphatic hydroxyl groups is 1. The number of rotatable bonds is 9. The normalized spacial score (nSPS) is 19.4. The van der Waals surface area contributed by atoms with Gasteiger partial charge in [-0.15, -0.1) is 21.7 Å². The maximum absolute atomic E-state index is 14.1. The van der Waals surface area contributed by atoms with Crippen molar-refractivity contribution in [1.29, 1.82) is 0 Å². The minimum Gasteiger partial charge on any atom is -0.507 e. The summed E-state index contributed by atoms with van der Waals surface area (Å²) in [6.45, 7) is 7.48. The van der Waals surface area contributed by atoms with Gasteiger partial charge in [-0.05, 0) is 53.9 Å². The first-order chi connectivity index (χ1) is 26.0. The van der Waals surface area contributed by atoms with Crippen molar-refractivity contribution in [2.24, 2.45) is 11.3 Å². The Hall–Kier alpha value is -5.71. The molecule has 0 saturated carbocycles. The van der Waals surface area contributed by atoms with E-state index < -0.39 is 18.2 Å². The summed E-state index contributed by atoms with van der Waals surface area (Å²) in [7, 11) is 0. The Labute approximate surface area is 317 Å². The fourth-order valence-electron chi connectivity index (χ4n) is 7.92. The Balaban J connectivity index is 0.885. The SMILES string of the molecule is C#Cc1ccc(CNC(=O)[C@@H]2C[C@@H](O)CN2C(=O)C(C(C)C)n2cc(N3CC4(CN(c5ccc6cc(-c7ccccc7O)nnc6c5)C4)C3)nn2)c(Cl)c1. The molecule has 13 nitrogen and oxygen atoms in total. The van der Waals surface area contributed by atoms with Crippen LogP contribution in [0.25, 0.3) is 22.2 Å². The monoisotopic (exact) mass is 745 g/mol. The van der Waals surface area contributed by atoms with Crippen LogP contribution in [-0.4, -0.2) is 97.0 Å². The molecule has 1 unspecified atom stereocenters. The molecule has 2 amide bonds. The number of benzene rings is 3. The average molecular weight is 746 g/mol. The molecule has 54 heavy (non-hydrogen) atoms. The number of hydrogen-bond donors (Lipinski definition) is 3. The predicted molar refractivity (Wildman–Crippen MR) is 205 cm³/mol. The maximum atomic E-state index is 14.1. The molecule has 5 aromatic rings. The standard InChI is InChI=1S/C40H40ClN9O4/c1-4-25-9-10-27(31(41)13-25)17-42-38(53)34-16-29(51)18-49(34)39(54)37(24(2)3)50-19-36(45-46-50)48-22-40(23-48)20-47(21-40)28-12-11-26-14-33(44-43-32(26)15-28)30-7-5-6-8-35(30)52/h1,5-15,19,24,29,34,37,51-52H,16-18,20-23H2,2-3H3,(H,42,53)/t29-,34+,37?/m1/s1. The quantitative estimate of drug-likeness (QED) is 0.189. The molecular formula is C40H40ClN9O4. The number of halogens is 1. The number of anilines is 2. The molecule has 3 N–H and O–H groups in total. The molecule has 8 rings (SSSR count). The van der Waals surface area contributed by atoms with E-state index in [0.29, 0.717) is 33.2 Å². The summed E-state index contributed by atoms with van der Waals surface area (Å²) < 4.78 is 1.59. The fraction of sp³-hybridized carbons (Fsp3) is 0.350. The molecule has 5 heterocycles. The summed E-state index contributed by atoms with van der Waals surface area (Å²) in [5, 5.41) is 42.7. The summed E-state index contributed by atoms with van der Waals surface area (Å²) in [4.78, 5) is 33.4. The number of phenols is 1. The lowest BCUT2D eigenvalue weighted by Crippen LogP contribution is -2.72. The molecule has 14 heteroatoms. The number of β-amino-alcohol motifs (C(OH)–C–C–N with tert-alkyl or cyclic N) is 1. The van der Waals surface area contributed by atoms with Gasteiger partial charge in [-0.3, -0.25) is 9.59 Å². The molecule has 3 fully saturated rings. The Bertz CT molecular complexity index is 2290. The molecular weight excluding hydrogens is 706 g/mol. The van der Waals surface area contributed by atoms with Gasteiger partial charge in [-0.1, -0.05) is 60.8 Å². The lowest BCUT2D eigenvalue weighted by Gasteiger charge is -2.61. The van der Waals surface area contributed by atoms with Crippen molar-refractivity contribution in [1.82, 2.24) is 35.4 Å². The van der Waals surface area contributed by atoms with E-state index in [-0.39, 0.29) is 48.4 Å². The van der Waals surface area contributed by atoms with E-state index in [2.05, 4.69) is 53.7 Å². The summed E-state index contributed by atoms with van der Waals surface area (Å²) in [6, 6.07) is 18.9. The third-order valence-electron chi connectivity index (χ3n) is 10.8. The number of carbonyl (C=O) groups excluding carboxylic acids is 2. The van der Waals surface area contributed by atoms with E-state index in [4.69, 9.17) is 18.0 Å². The highest BCUT2D eigenvalue weighted by Crippen LogP contribution is 2.44. The molecule has 2 aromatic heterocycles. The van der Waals surface area contributed by atoms with Crippen LogP contribution < -0.4 is 15.1 Å². The molecule has 0 bridgehead atoms. The first kappa shape index (κ1) is 35.3. The van der Waals surface area contributed by atoms with Crippen molar-refractivity contribution in [2.45, 2.75) is 45.0 Å². The van der Waals surface area contributed by atoms with Crippen molar-refractivity contribution in [3.05, 3.63) is 89.1 Å². The van der Waals surface area contributed by atoms with Gasteiger partial charge in [0.05, 0.1) is 23.5 Å². The zero-order chi connectivity index (χ0) is 37.7. The van der Waals surface area contributed by atoms with E-state index in [9.17, 15) is 19.8 Å². The average Bonchev–Trinajstić information content (AvgIpc) is 3.76. The number of aromatic nitrogens is 5. The summed E-state index contributed by atoms with van der Waals surface area (Å²) in [6.07, 6.45) is 6.57. The van der Waals surface area contributed by atoms with Crippen LogP contribution in [0.1, 0.15) is 37.4 Å². The third-order valence-corrected chi connectivity index (χ3v) is 11.1. The lowest BCUT2D eigenvalue weighted by atomic mass is 9.72. The number of aromatic hydroxyl groups is 1. The second kappa shape index (κ2) is 13.9. The molecule has 3 aliphatic heterocycles. The smallest absolute Gasteiger partial charge is 0.248 e. The van der Waals surface area contributed by atoms with Gasteiger partial charge in [0.25, 0.3) is 0 Å². The second-order valence-electron chi connectivity index (χ2n) is 15.0. The van der Waals surface area contributed by atoms with Gasteiger partial charge in [-0.25, -0.2) is 4.68 Å². The number of likely N-dealkylation sites (tertiary alicyclic amines) is 1. The summed E-state index contributed by atoms with van der Waals surface area (Å²) in [5.41, 5.74) is 4.62. The van der Waals surface area contributed by atoms with Gasteiger partial charge in [0, 0.05) is 78.3 Å². The molecule has 3 saturated heterocycles. The van der Waals surface area contributed by atoms with Crippen molar-refractivity contribution in [3.63, 3.8) is 0 Å². The van der Waals surface area contributed by atoms with Gasteiger partial charge in [0.15, 0.2) is 5.82 Å².